The lowest BCUT2D eigenvalue weighted by molar-refractivity contribution is -0.317. The number of nitrogens with one attached hydrogen (secondary N) is 2. The van der Waals surface area contributed by atoms with Gasteiger partial charge in [-0.25, -0.2) is 14.8 Å². The molecule has 1 aliphatic heterocycles. The maximum Gasteiger partial charge on any atom is 0.492 e. The first-order valence-corrected chi connectivity index (χ1v) is 12.1. The Kier molecular flexibility index (Phi) is 7.00. The number of anilines is 1. The zero-order valence-corrected chi connectivity index (χ0v) is 20.1. The Morgan fingerprint density at radius 1 is 1.14 bits per heavy atom. The molecule has 0 fully saturated rings. The number of nitrogens with zero attached hydrogens (tertiary/aromatic N) is 2. The highest BCUT2D eigenvalue weighted by Crippen LogP contribution is 2.46. The van der Waals surface area contributed by atoms with Crippen LogP contribution in [0.2, 0.25) is 5.02 Å². The van der Waals surface area contributed by atoms with Crippen LogP contribution in [0.5, 0.6) is 11.5 Å². The molecule has 1 atom stereocenters. The molecule has 1 aliphatic rings. The van der Waals surface area contributed by atoms with Gasteiger partial charge in [-0.15, -0.1) is 0 Å². The summed E-state index contributed by atoms with van der Waals surface area (Å²) >= 11 is 7.06. The van der Waals surface area contributed by atoms with Crippen LogP contribution in [0.4, 0.5) is 23.8 Å². The number of hydrogen-bond donors (Lipinski definition) is 2. The van der Waals surface area contributed by atoms with E-state index in [9.17, 15) is 18.0 Å². The summed E-state index contributed by atoms with van der Waals surface area (Å²) in [6.45, 7) is 2.07. The number of aromatic nitrogens is 2. The van der Waals surface area contributed by atoms with E-state index in [1.54, 1.807) is 11.6 Å². The van der Waals surface area contributed by atoms with Gasteiger partial charge >= 0.3 is 18.1 Å². The Morgan fingerprint density at radius 2 is 1.86 bits per heavy atom. The molecule has 3 aromatic rings. The number of rotatable bonds is 6. The minimum atomic E-state index is -5.12. The maximum atomic E-state index is 14.0. The molecule has 1 aromatic heterocycles. The van der Waals surface area contributed by atoms with Crippen molar-refractivity contribution in [2.24, 2.45) is 0 Å². The van der Waals surface area contributed by atoms with Crippen LogP contribution in [0.1, 0.15) is 18.9 Å². The van der Waals surface area contributed by atoms with Crippen molar-refractivity contribution >= 4 is 35.2 Å². The standard InChI is InChI=1S/C23H20ClF3N4O3S/c1-3-4-13-5-7-14(8-6-13)16-12-28-21(35-2)30-19(16)29-20(32)31-23(22(25,26)27)33-17-10-9-15(24)11-18(17)34-23/h5-12H,3-4H2,1-2H3,(H2,28,29,30,31,32). The Hall–Kier alpha value is -3.18. The number of fused-ring (bicyclic) bond motifs is 1. The van der Waals surface area contributed by atoms with Crippen LogP contribution in [-0.2, 0) is 6.42 Å². The SMILES string of the molecule is CCCc1ccc(-c2cnc(SC)nc2NC(=O)NC2(C(F)(F)F)Oc3ccc(Cl)cc3O2)cc1. The van der Waals surface area contributed by atoms with Crippen LogP contribution in [0.15, 0.2) is 53.8 Å². The molecular formula is C23H20ClF3N4O3S. The summed E-state index contributed by atoms with van der Waals surface area (Å²) in [6, 6.07) is 10.0. The van der Waals surface area contributed by atoms with Crippen LogP contribution < -0.4 is 20.1 Å². The third kappa shape index (κ3) is 5.25. The third-order valence-electron chi connectivity index (χ3n) is 5.05. The van der Waals surface area contributed by atoms with Crippen LogP contribution in [0, 0.1) is 0 Å². The predicted octanol–water partition coefficient (Wildman–Crippen LogP) is 6.28. The van der Waals surface area contributed by atoms with Gasteiger partial charge in [-0.1, -0.05) is 61.0 Å². The van der Waals surface area contributed by atoms with E-state index < -0.39 is 18.1 Å². The van der Waals surface area contributed by atoms with E-state index in [1.165, 1.54) is 36.2 Å². The summed E-state index contributed by atoms with van der Waals surface area (Å²) in [5.74, 6) is -3.89. The second-order valence-corrected chi connectivity index (χ2v) is 8.76. The first-order chi connectivity index (χ1) is 16.6. The number of thioether (sulfide) groups is 1. The zero-order chi connectivity index (χ0) is 25.2. The first-order valence-electron chi connectivity index (χ1n) is 10.5. The Bertz CT molecular complexity index is 1240. The molecule has 1 unspecified atom stereocenters. The molecule has 0 saturated heterocycles. The fourth-order valence-corrected chi connectivity index (χ4v) is 3.92. The van der Waals surface area contributed by atoms with Gasteiger partial charge in [0.25, 0.3) is 0 Å². The van der Waals surface area contributed by atoms with Crippen molar-refractivity contribution in [3.63, 3.8) is 0 Å². The van der Waals surface area contributed by atoms with E-state index in [0.717, 1.165) is 18.4 Å². The number of amides is 2. The van der Waals surface area contributed by atoms with Gasteiger partial charge in [-0.3, -0.25) is 10.6 Å². The minimum absolute atomic E-state index is 0.0287. The van der Waals surface area contributed by atoms with Gasteiger partial charge in [-0.05, 0) is 35.9 Å². The fraction of sp³-hybridized carbons (Fsp3) is 0.261. The lowest BCUT2D eigenvalue weighted by Gasteiger charge is -2.29. The molecule has 2 N–H and O–H groups in total. The number of halogens is 4. The molecule has 0 aliphatic carbocycles. The first kappa shape index (κ1) is 24.9. The molecule has 184 valence electrons. The summed E-state index contributed by atoms with van der Waals surface area (Å²) in [5, 5.41) is 4.62. The van der Waals surface area contributed by atoms with E-state index in [0.29, 0.717) is 16.3 Å². The molecule has 2 heterocycles. The summed E-state index contributed by atoms with van der Waals surface area (Å²) in [4.78, 5) is 21.3. The second-order valence-electron chi connectivity index (χ2n) is 7.55. The molecule has 0 bridgehead atoms. The molecule has 0 saturated carbocycles. The minimum Gasteiger partial charge on any atom is -0.424 e. The summed E-state index contributed by atoms with van der Waals surface area (Å²) in [6.07, 6.45) is 0.00850. The number of aryl methyl sites for hydroxylation is 1. The fourth-order valence-electron chi connectivity index (χ4n) is 3.41. The lowest BCUT2D eigenvalue weighted by Crippen LogP contribution is -2.65. The van der Waals surface area contributed by atoms with Crippen molar-refractivity contribution in [3.8, 4) is 22.6 Å². The summed E-state index contributed by atoms with van der Waals surface area (Å²) in [7, 11) is 0. The van der Waals surface area contributed by atoms with Crippen molar-refractivity contribution in [1.29, 1.82) is 0 Å². The van der Waals surface area contributed by atoms with E-state index in [4.69, 9.17) is 21.1 Å². The molecule has 7 nitrogen and oxygen atoms in total. The van der Waals surface area contributed by atoms with Gasteiger partial charge in [0.15, 0.2) is 16.7 Å². The van der Waals surface area contributed by atoms with Crippen molar-refractivity contribution in [1.82, 2.24) is 15.3 Å². The molecule has 2 aromatic carbocycles. The smallest absolute Gasteiger partial charge is 0.424 e. The Balaban J connectivity index is 1.61. The molecule has 4 rings (SSSR count). The molecule has 12 heteroatoms. The van der Waals surface area contributed by atoms with Crippen LogP contribution in [0.3, 0.4) is 0 Å². The molecular weight excluding hydrogens is 505 g/mol. The number of urea groups is 1. The average molecular weight is 525 g/mol. The molecule has 0 spiro atoms. The molecule has 2 amide bonds. The number of carbonyl (C=O) groups excluding carboxylic acids is 1. The zero-order valence-electron chi connectivity index (χ0n) is 18.6. The van der Waals surface area contributed by atoms with E-state index in [1.807, 2.05) is 24.3 Å². The van der Waals surface area contributed by atoms with Gasteiger partial charge in [0.2, 0.25) is 0 Å². The number of benzene rings is 2. The van der Waals surface area contributed by atoms with Crippen molar-refractivity contribution in [3.05, 3.63) is 59.2 Å². The summed E-state index contributed by atoms with van der Waals surface area (Å²) < 4.78 is 52.0. The highest BCUT2D eigenvalue weighted by Gasteiger charge is 2.65. The topological polar surface area (TPSA) is 85.4 Å². The van der Waals surface area contributed by atoms with E-state index in [2.05, 4.69) is 22.2 Å². The predicted molar refractivity (Wildman–Crippen MR) is 127 cm³/mol. The Labute approximate surface area is 208 Å². The number of alkyl halides is 3. The second kappa shape index (κ2) is 9.82. The maximum absolute atomic E-state index is 14.0. The van der Waals surface area contributed by atoms with Crippen LogP contribution >= 0.6 is 23.4 Å². The van der Waals surface area contributed by atoms with Gasteiger partial charge in [0, 0.05) is 22.8 Å². The molecule has 0 radical (unpaired) electrons. The van der Waals surface area contributed by atoms with Gasteiger partial charge in [0.05, 0.1) is 0 Å². The van der Waals surface area contributed by atoms with Crippen molar-refractivity contribution in [2.75, 3.05) is 11.6 Å². The number of ether oxygens (including phenoxy) is 2. The molecule has 35 heavy (non-hydrogen) atoms. The largest absolute Gasteiger partial charge is 0.492 e. The van der Waals surface area contributed by atoms with E-state index in [-0.39, 0.29) is 22.3 Å². The van der Waals surface area contributed by atoms with Crippen molar-refractivity contribution < 1.29 is 27.4 Å². The Morgan fingerprint density at radius 3 is 2.51 bits per heavy atom. The quantitative estimate of drug-likeness (QED) is 0.291. The number of hydrogen-bond acceptors (Lipinski definition) is 6. The van der Waals surface area contributed by atoms with Gasteiger partial charge < -0.3 is 9.47 Å². The summed E-state index contributed by atoms with van der Waals surface area (Å²) in [5.41, 5.74) is 2.26. The van der Waals surface area contributed by atoms with Gasteiger partial charge in [-0.2, -0.15) is 13.2 Å². The van der Waals surface area contributed by atoms with Crippen LogP contribution in [-0.4, -0.2) is 34.3 Å². The normalized spacial score (nSPS) is 16.7. The monoisotopic (exact) mass is 524 g/mol. The lowest BCUT2D eigenvalue weighted by atomic mass is 10.0. The highest BCUT2D eigenvalue weighted by atomic mass is 35.5. The van der Waals surface area contributed by atoms with Gasteiger partial charge in [0.1, 0.15) is 5.82 Å². The van der Waals surface area contributed by atoms with Crippen molar-refractivity contribution in [2.45, 2.75) is 37.0 Å². The van der Waals surface area contributed by atoms with Crippen LogP contribution in [0.25, 0.3) is 11.1 Å². The number of carbonyl (C=O) groups is 1. The van der Waals surface area contributed by atoms with E-state index >= 15 is 0 Å². The highest BCUT2D eigenvalue weighted by molar-refractivity contribution is 7.98. The average Bonchev–Trinajstić information content (AvgIpc) is 3.18. The third-order valence-corrected chi connectivity index (χ3v) is 5.85.